The van der Waals surface area contributed by atoms with Crippen LogP contribution in [0.1, 0.15) is 40.7 Å². The van der Waals surface area contributed by atoms with Gasteiger partial charge in [0.1, 0.15) is 5.82 Å². The van der Waals surface area contributed by atoms with Crippen LogP contribution in [0, 0.1) is 32.8 Å². The zero-order chi connectivity index (χ0) is 34.7. The van der Waals surface area contributed by atoms with Crippen LogP contribution in [0.4, 0.5) is 17.1 Å². The van der Waals surface area contributed by atoms with Gasteiger partial charge in [0.05, 0.1) is 6.04 Å². The summed E-state index contributed by atoms with van der Waals surface area (Å²) in [6.45, 7) is 6.39. The third-order valence-corrected chi connectivity index (χ3v) is 8.93. The maximum absolute atomic E-state index is 8.06. The predicted octanol–water partition coefficient (Wildman–Crippen LogP) is 10.8. The number of para-hydroxylation sites is 4. The second-order valence-corrected chi connectivity index (χ2v) is 12.3. The van der Waals surface area contributed by atoms with E-state index in [9.17, 15) is 0 Å². The van der Waals surface area contributed by atoms with Crippen LogP contribution in [0.2, 0.25) is 0 Å². The molecule has 0 aliphatic rings. The monoisotopic (exact) mass is 808 g/mol. The Hall–Kier alpha value is -4.99. The summed E-state index contributed by atoms with van der Waals surface area (Å²) in [5, 5.41) is 2.04. The molecule has 3 aromatic heterocycles. The van der Waals surface area contributed by atoms with Crippen molar-refractivity contribution in [1.82, 2.24) is 18.7 Å². The molecule has 0 unspecified atom stereocenters. The van der Waals surface area contributed by atoms with Crippen LogP contribution in [-0.4, -0.2) is 18.7 Å². The minimum Gasteiger partial charge on any atom is -0.357 e. The Labute approximate surface area is 300 Å². The van der Waals surface area contributed by atoms with E-state index in [4.69, 9.17) is 4.11 Å². The molecule has 0 saturated carbocycles. The summed E-state index contributed by atoms with van der Waals surface area (Å²) in [5.41, 5.74) is 10.2. The molecule has 5 aromatic carbocycles. The van der Waals surface area contributed by atoms with Crippen molar-refractivity contribution in [3.8, 4) is 11.5 Å². The summed E-state index contributed by atoms with van der Waals surface area (Å²) < 4.78 is 30.7. The fraction of sp³-hybridized carbons (Fsp3) is 0.143. The summed E-state index contributed by atoms with van der Waals surface area (Å²) in [6.07, 6.45) is 3.73. The molecule has 3 heterocycles. The van der Waals surface area contributed by atoms with Crippen molar-refractivity contribution >= 4 is 49.9 Å². The number of aromatic nitrogens is 4. The van der Waals surface area contributed by atoms with Gasteiger partial charge in [0.25, 0.3) is 0 Å². The van der Waals surface area contributed by atoms with Crippen molar-refractivity contribution in [2.24, 2.45) is 0 Å². The molecule has 0 amide bonds. The smallest absolute Gasteiger partial charge is 0.188 e. The van der Waals surface area contributed by atoms with Crippen molar-refractivity contribution in [3.63, 3.8) is 0 Å². The van der Waals surface area contributed by atoms with Gasteiger partial charge in [-0.2, -0.15) is 12.1 Å². The predicted molar refractivity (Wildman–Crippen MR) is 195 cm³/mol. The van der Waals surface area contributed by atoms with Crippen LogP contribution >= 0.6 is 0 Å². The first kappa shape index (κ1) is 28.1. The Bertz CT molecular complexity index is 2540. The number of hydrogen-bond acceptors (Lipinski definition) is 2. The number of fused-ring (bicyclic) bond motifs is 4. The average molecular weight is 809 g/mol. The van der Waals surface area contributed by atoms with Gasteiger partial charge in [-0.3, -0.25) is 0 Å². The van der Waals surface area contributed by atoms with Gasteiger partial charge in [-0.05, 0) is 87.0 Å². The molecule has 0 aliphatic carbocycles. The fourth-order valence-electron chi connectivity index (χ4n) is 6.77. The largest absolute Gasteiger partial charge is 0.357 e. The van der Waals surface area contributed by atoms with E-state index in [1.165, 1.54) is 0 Å². The molecule has 0 spiro atoms. The molecule has 48 heavy (non-hydrogen) atoms. The van der Waals surface area contributed by atoms with E-state index in [0.29, 0.717) is 11.9 Å². The number of aryl methyl sites for hydroxylation is 3. The van der Waals surface area contributed by atoms with Crippen molar-refractivity contribution in [3.05, 3.63) is 151 Å². The third-order valence-electron chi connectivity index (χ3n) is 8.93. The number of hydrogen-bond donors (Lipinski definition) is 0. The minimum absolute atomic E-state index is 0. The Morgan fingerprint density at radius 2 is 1.46 bits per heavy atom. The molecule has 0 aliphatic heterocycles. The minimum atomic E-state index is -2.26. The normalized spacial score (nSPS) is 12.6. The second kappa shape index (κ2) is 12.6. The molecule has 6 heteroatoms. The van der Waals surface area contributed by atoms with E-state index in [2.05, 4.69) is 144 Å². The maximum Gasteiger partial charge on any atom is 0.188 e. The number of nitrogens with zero attached hydrogens (tertiary/aromatic N) is 5. The first-order valence-corrected chi connectivity index (χ1v) is 15.9. The van der Waals surface area contributed by atoms with Gasteiger partial charge in [-0.1, -0.05) is 59.4 Å². The first-order valence-electron chi connectivity index (χ1n) is 17.4. The molecule has 0 radical (unpaired) electrons. The van der Waals surface area contributed by atoms with E-state index in [0.717, 1.165) is 66.7 Å². The number of benzene rings is 5. The molecule has 240 valence electrons. The zero-order valence-corrected chi connectivity index (χ0v) is 29.4. The number of anilines is 3. The van der Waals surface area contributed by atoms with Gasteiger partial charge in [-0.25, -0.2) is 14.1 Å². The van der Waals surface area contributed by atoms with Gasteiger partial charge in [0.2, 0.25) is 0 Å². The second-order valence-electron chi connectivity index (χ2n) is 12.3. The Kier molecular flexibility index (Phi) is 7.34. The van der Waals surface area contributed by atoms with Crippen LogP contribution in [0.25, 0.3) is 44.3 Å². The number of rotatable bonds is 6. The van der Waals surface area contributed by atoms with Crippen molar-refractivity contribution in [1.29, 1.82) is 0 Å². The van der Waals surface area contributed by atoms with Crippen LogP contribution in [0.3, 0.4) is 0 Å². The topological polar surface area (TPSA) is 30.9 Å². The van der Waals surface area contributed by atoms with Gasteiger partial charge in [0.15, 0.2) is 17.4 Å². The first-order chi connectivity index (χ1) is 24.1. The molecule has 8 rings (SSSR count). The molecular weight excluding hydrogens is 770 g/mol. The van der Waals surface area contributed by atoms with E-state index in [1.54, 1.807) is 18.3 Å². The molecule has 5 nitrogen and oxygen atoms in total. The fourth-order valence-corrected chi connectivity index (χ4v) is 6.77. The van der Waals surface area contributed by atoms with Crippen molar-refractivity contribution < 1.29 is 25.2 Å². The quantitative estimate of drug-likeness (QED) is 0.157. The van der Waals surface area contributed by atoms with Crippen LogP contribution < -0.4 is 4.90 Å². The van der Waals surface area contributed by atoms with Gasteiger partial charge in [0, 0.05) is 60.4 Å². The van der Waals surface area contributed by atoms with Gasteiger partial charge in [-0.15, -0.1) is 29.7 Å². The summed E-state index contributed by atoms with van der Waals surface area (Å²) >= 11 is 0. The standard InChI is InChI=1S/C42H36N5.Pt/c1-28(2)44-27-45(39-19-9-8-18-38(39)44)32-14-11-15-33(25-32)46(42-30(4)12-10-13-31(42)5)34-20-21-36-35-16-6-7-17-37(35)47(40(36)26-34)41-24-29(3)22-23-43-41;/h6-24,27-28H,1-5H3;/q-1;/i3D3;. The van der Waals surface area contributed by atoms with Crippen LogP contribution in [0.15, 0.2) is 122 Å². The molecule has 0 N–H and O–H groups in total. The van der Waals surface area contributed by atoms with Crippen LogP contribution in [-0.2, 0) is 21.1 Å². The SMILES string of the molecule is [2H]C([2H])([2H])c1ccnc(-n2c3[c-]c(N(c4[c-]c(-n5[cH+]n(C(C)C)c6ccccc65)ccc4)c4c(C)cccc4C)ccc3c3ccccc32)c1.[Pt]. The van der Waals surface area contributed by atoms with E-state index in [1.807, 2.05) is 22.8 Å². The average Bonchev–Trinajstić information content (AvgIpc) is 3.66. The van der Waals surface area contributed by atoms with E-state index < -0.39 is 6.85 Å². The Morgan fingerprint density at radius 3 is 2.23 bits per heavy atom. The number of imidazole rings is 1. The Balaban J connectivity index is 0.00000406. The summed E-state index contributed by atoms with van der Waals surface area (Å²) in [6, 6.07) is 44.5. The molecule has 0 saturated heterocycles. The van der Waals surface area contributed by atoms with Gasteiger partial charge >= 0.3 is 0 Å². The summed E-state index contributed by atoms with van der Waals surface area (Å²) in [5.74, 6) is 0.531. The molecule has 0 atom stereocenters. The molecular formula is C42H36N5Pt-. The zero-order valence-electron chi connectivity index (χ0n) is 30.2. The Morgan fingerprint density at radius 1 is 0.750 bits per heavy atom. The van der Waals surface area contributed by atoms with Gasteiger partial charge < -0.3 is 9.47 Å². The van der Waals surface area contributed by atoms with E-state index in [-0.39, 0.29) is 26.6 Å². The summed E-state index contributed by atoms with van der Waals surface area (Å²) in [4.78, 5) is 6.89. The van der Waals surface area contributed by atoms with E-state index >= 15 is 0 Å². The molecule has 0 bridgehead atoms. The maximum atomic E-state index is 8.06. The van der Waals surface area contributed by atoms with Crippen LogP contribution in [0.5, 0.6) is 0 Å². The van der Waals surface area contributed by atoms with Crippen molar-refractivity contribution in [2.75, 3.05) is 4.90 Å². The van der Waals surface area contributed by atoms with Crippen molar-refractivity contribution in [2.45, 2.75) is 40.6 Å². The third kappa shape index (κ3) is 5.23. The summed E-state index contributed by atoms with van der Waals surface area (Å²) in [7, 11) is 0. The number of pyridine rings is 1. The molecule has 8 aromatic rings. The molecule has 0 fully saturated rings.